The molecule has 0 unspecified atom stereocenters. The molecule has 0 N–H and O–H groups in total. The van der Waals surface area contributed by atoms with Crippen LogP contribution < -0.4 is 0 Å². The van der Waals surface area contributed by atoms with Crippen molar-refractivity contribution in [3.05, 3.63) is 199 Å². The van der Waals surface area contributed by atoms with Crippen LogP contribution in [0.2, 0.25) is 0 Å². The van der Waals surface area contributed by atoms with Gasteiger partial charge in [-0.25, -0.2) is 15.0 Å². The van der Waals surface area contributed by atoms with Gasteiger partial charge < -0.3 is 0 Å². The van der Waals surface area contributed by atoms with Gasteiger partial charge in [0.05, 0.1) is 0 Å². The van der Waals surface area contributed by atoms with Gasteiger partial charge in [0.2, 0.25) is 0 Å². The molecule has 0 aliphatic heterocycles. The second-order valence-corrected chi connectivity index (χ2v) is 15.4. The highest BCUT2D eigenvalue weighted by molar-refractivity contribution is 7.26. The molecule has 8 aromatic carbocycles. The smallest absolute Gasteiger partial charge is 0.165 e. The Labute approximate surface area is 336 Å². The molecule has 1 aliphatic rings. The van der Waals surface area contributed by atoms with E-state index in [2.05, 4.69) is 170 Å². The molecule has 4 heteroatoms. The molecule has 2 heterocycles. The number of fused-ring (bicyclic) bond motifs is 6. The topological polar surface area (TPSA) is 38.7 Å². The summed E-state index contributed by atoms with van der Waals surface area (Å²) in [5, 5.41) is 2.48. The van der Waals surface area contributed by atoms with Crippen molar-refractivity contribution >= 4 is 31.5 Å². The van der Waals surface area contributed by atoms with E-state index in [0.29, 0.717) is 17.5 Å². The largest absolute Gasteiger partial charge is 0.208 e. The summed E-state index contributed by atoms with van der Waals surface area (Å²) >= 11 is 1.80. The van der Waals surface area contributed by atoms with Crippen LogP contribution in [-0.2, 0) is 6.42 Å². The standard InChI is InChI=1S/C52H33N3S.CH4/c1-3-13-33(14-4-1)34-27-29-35(30-28-34)37-17-9-18-38(31-37)39-20-10-21-40-41-22-11-24-44(47(41)32-46(39)40)51-53-50(36-15-5-2-6-16-36)54-52(55-51)45-25-12-23-43-42-19-7-8-26-48(42)56-49(43)45;/h1-31H,32H2;1H4. The van der Waals surface area contributed by atoms with Crippen molar-refractivity contribution < 1.29 is 0 Å². The third-order valence-corrected chi connectivity index (χ3v) is 12.3. The highest BCUT2D eigenvalue weighted by Crippen LogP contribution is 2.46. The van der Waals surface area contributed by atoms with Gasteiger partial charge >= 0.3 is 0 Å². The van der Waals surface area contributed by atoms with Gasteiger partial charge in [-0.3, -0.25) is 0 Å². The number of hydrogen-bond acceptors (Lipinski definition) is 4. The summed E-state index contributed by atoms with van der Waals surface area (Å²) < 4.78 is 2.45. The average Bonchev–Trinajstić information content (AvgIpc) is 3.86. The average molecular weight is 748 g/mol. The molecule has 0 spiro atoms. The Morgan fingerprint density at radius 3 is 1.56 bits per heavy atom. The van der Waals surface area contributed by atoms with Crippen LogP contribution in [0.5, 0.6) is 0 Å². The van der Waals surface area contributed by atoms with E-state index < -0.39 is 0 Å². The molecule has 0 radical (unpaired) electrons. The van der Waals surface area contributed by atoms with Crippen molar-refractivity contribution in [3.8, 4) is 78.7 Å². The van der Waals surface area contributed by atoms with E-state index in [0.717, 1.165) is 23.1 Å². The molecule has 57 heavy (non-hydrogen) atoms. The first-order valence-corrected chi connectivity index (χ1v) is 19.8. The van der Waals surface area contributed by atoms with E-state index in [1.54, 1.807) is 11.3 Å². The van der Waals surface area contributed by atoms with E-state index in [1.165, 1.54) is 75.8 Å². The molecule has 0 atom stereocenters. The highest BCUT2D eigenvalue weighted by atomic mass is 32.1. The van der Waals surface area contributed by atoms with Crippen LogP contribution in [-0.4, -0.2) is 15.0 Å². The summed E-state index contributed by atoms with van der Waals surface area (Å²) in [6.07, 6.45) is 0.792. The molecular formula is C53H37N3S. The van der Waals surface area contributed by atoms with Gasteiger partial charge in [-0.05, 0) is 73.8 Å². The Morgan fingerprint density at radius 2 is 0.807 bits per heavy atom. The zero-order valence-corrected chi connectivity index (χ0v) is 31.2. The van der Waals surface area contributed by atoms with Gasteiger partial charge in [-0.2, -0.15) is 0 Å². The zero-order chi connectivity index (χ0) is 37.0. The van der Waals surface area contributed by atoms with Crippen molar-refractivity contribution in [1.82, 2.24) is 15.0 Å². The highest BCUT2D eigenvalue weighted by Gasteiger charge is 2.26. The Bertz CT molecular complexity index is 3090. The number of thiophene rings is 1. The number of hydrogen-bond donors (Lipinski definition) is 0. The monoisotopic (exact) mass is 747 g/mol. The molecule has 270 valence electrons. The van der Waals surface area contributed by atoms with Crippen molar-refractivity contribution in [2.24, 2.45) is 0 Å². The summed E-state index contributed by atoms with van der Waals surface area (Å²) in [5.41, 5.74) is 15.4. The van der Waals surface area contributed by atoms with Crippen LogP contribution >= 0.6 is 11.3 Å². The fourth-order valence-electron chi connectivity index (χ4n) is 8.32. The predicted molar refractivity (Wildman–Crippen MR) is 240 cm³/mol. The first-order valence-electron chi connectivity index (χ1n) is 19.0. The summed E-state index contributed by atoms with van der Waals surface area (Å²) in [4.78, 5) is 15.6. The van der Waals surface area contributed by atoms with Crippen LogP contribution in [0.3, 0.4) is 0 Å². The van der Waals surface area contributed by atoms with E-state index in [-0.39, 0.29) is 7.43 Å². The molecule has 2 aromatic heterocycles. The van der Waals surface area contributed by atoms with Crippen molar-refractivity contribution in [2.45, 2.75) is 13.8 Å². The van der Waals surface area contributed by atoms with Crippen LogP contribution in [0.15, 0.2) is 188 Å². The van der Waals surface area contributed by atoms with Gasteiger partial charge in [-0.15, -0.1) is 11.3 Å². The molecule has 0 saturated heterocycles. The number of rotatable bonds is 6. The second kappa shape index (κ2) is 14.2. The third kappa shape index (κ3) is 6.03. The first kappa shape index (κ1) is 34.5. The molecule has 3 nitrogen and oxygen atoms in total. The lowest BCUT2D eigenvalue weighted by molar-refractivity contribution is 1.07. The van der Waals surface area contributed by atoms with Gasteiger partial charge in [0, 0.05) is 43.3 Å². The maximum atomic E-state index is 5.30. The SMILES string of the molecule is C.c1ccc(-c2ccc(-c3cccc(-c4cccc5c4Cc4c(-c6nc(-c7ccccc7)nc(-c7cccc8c7sc7ccccc78)n6)cccc4-5)c3)cc2)cc1. The molecule has 10 aromatic rings. The van der Waals surface area contributed by atoms with Gasteiger partial charge in [0.25, 0.3) is 0 Å². The fourth-order valence-corrected chi connectivity index (χ4v) is 9.54. The molecule has 0 fully saturated rings. The first-order chi connectivity index (χ1) is 27.7. The van der Waals surface area contributed by atoms with Crippen molar-refractivity contribution in [3.63, 3.8) is 0 Å². The van der Waals surface area contributed by atoms with Gasteiger partial charge in [0.15, 0.2) is 17.5 Å². The number of benzene rings is 8. The minimum Gasteiger partial charge on any atom is -0.208 e. The maximum absolute atomic E-state index is 5.30. The predicted octanol–water partition coefficient (Wildman–Crippen LogP) is 14.4. The van der Waals surface area contributed by atoms with Crippen molar-refractivity contribution in [2.75, 3.05) is 0 Å². The van der Waals surface area contributed by atoms with E-state index in [1.807, 2.05) is 18.2 Å². The van der Waals surface area contributed by atoms with Crippen LogP contribution in [0.4, 0.5) is 0 Å². The van der Waals surface area contributed by atoms with E-state index in [4.69, 9.17) is 15.0 Å². The summed E-state index contributed by atoms with van der Waals surface area (Å²) in [6, 6.07) is 67.0. The summed E-state index contributed by atoms with van der Waals surface area (Å²) in [6.45, 7) is 0. The minimum atomic E-state index is 0. The molecule has 0 amide bonds. The van der Waals surface area contributed by atoms with Crippen LogP contribution in [0.25, 0.3) is 98.8 Å². The lowest BCUT2D eigenvalue weighted by Gasteiger charge is -2.12. The fraction of sp³-hybridized carbons (Fsp3) is 0.0377. The quantitative estimate of drug-likeness (QED) is 0.170. The van der Waals surface area contributed by atoms with Gasteiger partial charge in [0.1, 0.15) is 0 Å². The lowest BCUT2D eigenvalue weighted by Crippen LogP contribution is -2.02. The third-order valence-electron chi connectivity index (χ3n) is 11.0. The maximum Gasteiger partial charge on any atom is 0.165 e. The van der Waals surface area contributed by atoms with Crippen molar-refractivity contribution in [1.29, 1.82) is 0 Å². The second-order valence-electron chi connectivity index (χ2n) is 14.3. The zero-order valence-electron chi connectivity index (χ0n) is 30.4. The Kier molecular flexibility index (Phi) is 8.62. The molecule has 0 saturated carbocycles. The normalized spacial score (nSPS) is 11.6. The van der Waals surface area contributed by atoms with Crippen LogP contribution in [0.1, 0.15) is 18.6 Å². The molecule has 11 rings (SSSR count). The Balaban J connectivity index is 0.00000396. The summed E-state index contributed by atoms with van der Waals surface area (Å²) in [7, 11) is 0. The molecule has 1 aliphatic carbocycles. The molecule has 0 bridgehead atoms. The molecular weight excluding hydrogens is 711 g/mol. The number of aromatic nitrogens is 3. The minimum absolute atomic E-state index is 0. The van der Waals surface area contributed by atoms with Gasteiger partial charge in [-0.1, -0.05) is 177 Å². The Hall–Kier alpha value is -7.01. The lowest BCUT2D eigenvalue weighted by atomic mass is 9.93. The summed E-state index contributed by atoms with van der Waals surface area (Å²) in [5.74, 6) is 2.05. The Morgan fingerprint density at radius 1 is 0.333 bits per heavy atom. The number of nitrogens with zero attached hydrogens (tertiary/aromatic N) is 3. The van der Waals surface area contributed by atoms with E-state index >= 15 is 0 Å². The van der Waals surface area contributed by atoms with Crippen LogP contribution in [0, 0.1) is 0 Å². The van der Waals surface area contributed by atoms with E-state index in [9.17, 15) is 0 Å².